The van der Waals surface area contributed by atoms with Crippen LogP contribution in [0.25, 0.3) is 0 Å². The summed E-state index contributed by atoms with van der Waals surface area (Å²) in [4.78, 5) is 12.4. The number of aromatic nitrogens is 1. The zero-order valence-corrected chi connectivity index (χ0v) is 16.5. The fourth-order valence-electron chi connectivity index (χ4n) is 2.90. The summed E-state index contributed by atoms with van der Waals surface area (Å²) in [7, 11) is 1.57. The molecule has 0 amide bonds. The summed E-state index contributed by atoms with van der Waals surface area (Å²) in [6.07, 6.45) is 1.55. The van der Waals surface area contributed by atoms with E-state index in [0.29, 0.717) is 29.4 Å². The molecule has 1 heterocycles. The van der Waals surface area contributed by atoms with Gasteiger partial charge in [0, 0.05) is 5.69 Å². The minimum Gasteiger partial charge on any atom is -0.493 e. The number of hydrogen-bond acceptors (Lipinski definition) is 5. The number of pyridine rings is 1. The fourth-order valence-corrected chi connectivity index (χ4v) is 2.90. The molecule has 0 fully saturated rings. The van der Waals surface area contributed by atoms with Crippen LogP contribution in [0.2, 0.25) is 0 Å². The molecule has 2 aromatic carbocycles. The Kier molecular flexibility index (Phi) is 6.10. The molecule has 0 saturated carbocycles. The smallest absolute Gasteiger partial charge is 0.289 e. The van der Waals surface area contributed by atoms with Gasteiger partial charge in [-0.2, -0.15) is 10.4 Å². The SMILES string of the molecule is COc1cc(C=Nn2c(C)cc(C)c(C#N)c2=O)ccc1OCc1ccccc1. The van der Waals surface area contributed by atoms with Crippen molar-refractivity contribution < 1.29 is 9.47 Å². The summed E-state index contributed by atoms with van der Waals surface area (Å²) >= 11 is 0. The molecule has 3 aromatic rings. The average molecular weight is 387 g/mol. The van der Waals surface area contributed by atoms with E-state index in [1.807, 2.05) is 42.5 Å². The van der Waals surface area contributed by atoms with Gasteiger partial charge in [-0.1, -0.05) is 30.3 Å². The van der Waals surface area contributed by atoms with Crippen LogP contribution in [0.4, 0.5) is 0 Å². The zero-order chi connectivity index (χ0) is 20.8. The zero-order valence-electron chi connectivity index (χ0n) is 16.5. The van der Waals surface area contributed by atoms with Gasteiger partial charge in [0.2, 0.25) is 0 Å². The minimum atomic E-state index is -0.434. The van der Waals surface area contributed by atoms with Crippen molar-refractivity contribution in [2.75, 3.05) is 7.11 Å². The molecule has 0 unspecified atom stereocenters. The van der Waals surface area contributed by atoms with Gasteiger partial charge in [-0.05, 0) is 54.8 Å². The Morgan fingerprint density at radius 3 is 2.55 bits per heavy atom. The molecule has 3 rings (SSSR count). The van der Waals surface area contributed by atoms with Gasteiger partial charge >= 0.3 is 0 Å². The number of hydrogen-bond donors (Lipinski definition) is 0. The molecule has 6 nitrogen and oxygen atoms in total. The third-order valence-corrected chi connectivity index (χ3v) is 4.42. The van der Waals surface area contributed by atoms with E-state index in [1.165, 1.54) is 4.68 Å². The van der Waals surface area contributed by atoms with Crippen LogP contribution in [-0.2, 0) is 6.61 Å². The van der Waals surface area contributed by atoms with Gasteiger partial charge in [0.1, 0.15) is 18.2 Å². The van der Waals surface area contributed by atoms with Crippen molar-refractivity contribution in [3.63, 3.8) is 0 Å². The Labute approximate surface area is 169 Å². The first kappa shape index (κ1) is 19.9. The van der Waals surface area contributed by atoms with Crippen molar-refractivity contribution in [2.45, 2.75) is 20.5 Å². The number of methoxy groups -OCH3 is 1. The summed E-state index contributed by atoms with van der Waals surface area (Å²) in [5, 5.41) is 13.4. The van der Waals surface area contributed by atoms with E-state index in [-0.39, 0.29) is 5.56 Å². The van der Waals surface area contributed by atoms with Crippen molar-refractivity contribution >= 4 is 6.21 Å². The molecule has 0 radical (unpaired) electrons. The normalized spacial score (nSPS) is 10.7. The highest BCUT2D eigenvalue weighted by Crippen LogP contribution is 2.28. The Bertz CT molecular complexity index is 1140. The molecule has 6 heteroatoms. The lowest BCUT2D eigenvalue weighted by Gasteiger charge is -2.11. The monoisotopic (exact) mass is 387 g/mol. The van der Waals surface area contributed by atoms with E-state index in [4.69, 9.17) is 9.47 Å². The first-order valence-corrected chi connectivity index (χ1v) is 9.06. The lowest BCUT2D eigenvalue weighted by atomic mass is 10.1. The predicted octanol–water partition coefficient (Wildman–Crippen LogP) is 3.81. The minimum absolute atomic E-state index is 0.0926. The number of benzene rings is 2. The standard InChI is InChI=1S/C23H21N3O3/c1-16-11-17(2)26(23(27)20(16)13-24)25-14-19-9-10-21(22(12-19)28-3)29-15-18-7-5-4-6-8-18/h4-12,14H,15H2,1-3H3. The third kappa shape index (κ3) is 4.53. The maximum Gasteiger partial charge on any atom is 0.289 e. The van der Waals surface area contributed by atoms with Crippen molar-refractivity contribution in [2.24, 2.45) is 5.10 Å². The lowest BCUT2D eigenvalue weighted by Crippen LogP contribution is -2.22. The molecule has 0 bridgehead atoms. The number of nitriles is 1. The van der Waals surface area contributed by atoms with Crippen molar-refractivity contribution in [1.82, 2.24) is 4.68 Å². The van der Waals surface area contributed by atoms with Gasteiger partial charge in [0.05, 0.1) is 13.3 Å². The molecule has 146 valence electrons. The maximum atomic E-state index is 12.4. The highest BCUT2D eigenvalue weighted by atomic mass is 16.5. The van der Waals surface area contributed by atoms with Crippen LogP contribution in [0.5, 0.6) is 11.5 Å². The van der Waals surface area contributed by atoms with E-state index in [2.05, 4.69) is 5.10 Å². The first-order chi connectivity index (χ1) is 14.0. The summed E-state index contributed by atoms with van der Waals surface area (Å²) in [5.74, 6) is 1.18. The van der Waals surface area contributed by atoms with Crippen molar-refractivity contribution in [3.05, 3.63) is 92.9 Å². The Hall–Kier alpha value is -3.85. The Balaban J connectivity index is 1.84. The summed E-state index contributed by atoms with van der Waals surface area (Å²) in [6.45, 7) is 3.94. The van der Waals surface area contributed by atoms with Crippen LogP contribution in [0.15, 0.2) is 64.5 Å². The van der Waals surface area contributed by atoms with Gasteiger partial charge in [-0.3, -0.25) is 4.79 Å². The first-order valence-electron chi connectivity index (χ1n) is 9.06. The molecular weight excluding hydrogens is 366 g/mol. The van der Waals surface area contributed by atoms with Gasteiger partial charge in [-0.25, -0.2) is 4.68 Å². The number of aryl methyl sites for hydroxylation is 2. The van der Waals surface area contributed by atoms with Crippen molar-refractivity contribution in [1.29, 1.82) is 5.26 Å². The fraction of sp³-hybridized carbons (Fsp3) is 0.174. The van der Waals surface area contributed by atoms with E-state index in [9.17, 15) is 10.1 Å². The highest BCUT2D eigenvalue weighted by Gasteiger charge is 2.10. The van der Waals surface area contributed by atoms with Crippen LogP contribution in [0.3, 0.4) is 0 Å². The molecule has 0 aliphatic carbocycles. The molecule has 29 heavy (non-hydrogen) atoms. The molecule has 0 saturated heterocycles. The topological polar surface area (TPSA) is 76.6 Å². The Morgan fingerprint density at radius 1 is 1.10 bits per heavy atom. The molecule has 0 aliphatic rings. The second-order valence-corrected chi connectivity index (χ2v) is 6.50. The quantitative estimate of drug-likeness (QED) is 0.603. The summed E-state index contributed by atoms with van der Waals surface area (Å²) in [6, 6.07) is 19.0. The van der Waals surface area contributed by atoms with Crippen molar-refractivity contribution in [3.8, 4) is 17.6 Å². The van der Waals surface area contributed by atoms with Crippen LogP contribution in [0.1, 0.15) is 27.9 Å². The van der Waals surface area contributed by atoms with E-state index in [1.54, 1.807) is 45.4 Å². The molecule has 0 spiro atoms. The molecule has 0 N–H and O–H groups in total. The lowest BCUT2D eigenvalue weighted by molar-refractivity contribution is 0.284. The van der Waals surface area contributed by atoms with E-state index < -0.39 is 5.56 Å². The average Bonchev–Trinajstić information content (AvgIpc) is 2.73. The highest BCUT2D eigenvalue weighted by molar-refractivity contribution is 5.80. The maximum absolute atomic E-state index is 12.4. The molecule has 1 aromatic heterocycles. The molecule has 0 atom stereocenters. The second-order valence-electron chi connectivity index (χ2n) is 6.50. The van der Waals surface area contributed by atoms with Crippen LogP contribution < -0.4 is 15.0 Å². The largest absolute Gasteiger partial charge is 0.493 e. The van der Waals surface area contributed by atoms with E-state index in [0.717, 1.165) is 11.1 Å². The van der Waals surface area contributed by atoms with Gasteiger partial charge in [-0.15, -0.1) is 0 Å². The van der Waals surface area contributed by atoms with Crippen LogP contribution in [0, 0.1) is 25.2 Å². The summed E-state index contributed by atoms with van der Waals surface area (Å²) in [5.41, 5.74) is 2.74. The Morgan fingerprint density at radius 2 is 1.86 bits per heavy atom. The van der Waals surface area contributed by atoms with Gasteiger partial charge in [0.25, 0.3) is 5.56 Å². The van der Waals surface area contributed by atoms with Crippen LogP contribution >= 0.6 is 0 Å². The summed E-state index contributed by atoms with van der Waals surface area (Å²) < 4.78 is 12.5. The van der Waals surface area contributed by atoms with Gasteiger partial charge in [0.15, 0.2) is 11.5 Å². The number of rotatable bonds is 6. The van der Waals surface area contributed by atoms with E-state index >= 15 is 0 Å². The number of nitrogens with zero attached hydrogens (tertiary/aromatic N) is 3. The molecule has 0 aliphatic heterocycles. The van der Waals surface area contributed by atoms with Crippen LogP contribution in [-0.4, -0.2) is 18.0 Å². The van der Waals surface area contributed by atoms with Gasteiger partial charge < -0.3 is 9.47 Å². The number of ether oxygens (including phenoxy) is 2. The third-order valence-electron chi connectivity index (χ3n) is 4.42. The second kappa shape index (κ2) is 8.89. The molecular formula is C23H21N3O3. The predicted molar refractivity (Wildman–Crippen MR) is 112 cm³/mol.